The third-order valence-corrected chi connectivity index (χ3v) is 3.13. The number of aliphatic hydroxyl groups excluding tert-OH is 1. The van der Waals surface area contributed by atoms with Crippen molar-refractivity contribution in [3.8, 4) is 0 Å². The maximum atomic E-state index is 9.63. The molecule has 1 aliphatic heterocycles. The summed E-state index contributed by atoms with van der Waals surface area (Å²) in [5.41, 5.74) is 0. The van der Waals surface area contributed by atoms with E-state index in [0.717, 1.165) is 6.54 Å². The van der Waals surface area contributed by atoms with Crippen LogP contribution >= 0.6 is 11.3 Å². The van der Waals surface area contributed by atoms with E-state index in [9.17, 15) is 5.11 Å². The Hall–Kier alpha value is -1.06. The van der Waals surface area contributed by atoms with Crippen molar-refractivity contribution in [2.45, 2.75) is 19.7 Å². The monoisotopic (exact) mass is 207 g/mol. The van der Waals surface area contributed by atoms with Gasteiger partial charge in [-0.2, -0.15) is 0 Å². The predicted octanol–water partition coefficient (Wildman–Crippen LogP) is 2.26. The maximum Gasteiger partial charge on any atom is 0.146 e. The molecule has 1 aliphatic rings. The molecular weight excluding hydrogens is 194 g/mol. The summed E-state index contributed by atoms with van der Waals surface area (Å²) in [5, 5.41) is 9.63. The van der Waals surface area contributed by atoms with Crippen molar-refractivity contribution >= 4 is 11.3 Å². The molecule has 0 aromatic carbocycles. The van der Waals surface area contributed by atoms with Gasteiger partial charge >= 0.3 is 0 Å². The molecular formula is C11H13NOS. The minimum Gasteiger partial charge on any atom is -0.370 e. The second-order valence-electron chi connectivity index (χ2n) is 3.32. The second-order valence-corrected chi connectivity index (χ2v) is 4.70. The molecule has 0 saturated heterocycles. The zero-order chi connectivity index (χ0) is 9.97. The van der Waals surface area contributed by atoms with Crippen LogP contribution in [-0.4, -0.2) is 16.2 Å². The summed E-state index contributed by atoms with van der Waals surface area (Å²) < 4.78 is 0. The molecule has 1 aromatic rings. The summed E-state index contributed by atoms with van der Waals surface area (Å²) in [6.07, 6.45) is 7.01. The summed E-state index contributed by atoms with van der Waals surface area (Å²) in [4.78, 5) is 4.50. The van der Waals surface area contributed by atoms with Crippen LogP contribution in [0.25, 0.3) is 0 Å². The standard InChI is InChI=1S/C11H13NOS/c1-9-5-6-10(14-9)8-12-7-3-2-4-11(12)13/h2-7,11,13H,8H2,1H3. The second kappa shape index (κ2) is 3.98. The lowest BCUT2D eigenvalue weighted by molar-refractivity contribution is 0.0730. The van der Waals surface area contributed by atoms with Gasteiger partial charge in [0.05, 0.1) is 6.54 Å². The molecule has 3 heteroatoms. The van der Waals surface area contributed by atoms with Gasteiger partial charge in [-0.25, -0.2) is 0 Å². The summed E-state index contributed by atoms with van der Waals surface area (Å²) in [5.74, 6) is 0. The molecule has 1 unspecified atom stereocenters. The van der Waals surface area contributed by atoms with Gasteiger partial charge in [-0.15, -0.1) is 11.3 Å². The van der Waals surface area contributed by atoms with E-state index < -0.39 is 6.23 Å². The minimum absolute atomic E-state index is 0.484. The van der Waals surface area contributed by atoms with Crippen molar-refractivity contribution in [2.24, 2.45) is 0 Å². The molecule has 0 amide bonds. The van der Waals surface area contributed by atoms with Gasteiger partial charge in [0.2, 0.25) is 0 Å². The zero-order valence-corrected chi connectivity index (χ0v) is 8.87. The Labute approximate surface area is 87.8 Å². The van der Waals surface area contributed by atoms with Crippen LogP contribution in [0.5, 0.6) is 0 Å². The number of hydrogen-bond acceptors (Lipinski definition) is 3. The molecule has 2 rings (SSSR count). The molecule has 14 heavy (non-hydrogen) atoms. The Morgan fingerprint density at radius 1 is 1.43 bits per heavy atom. The van der Waals surface area contributed by atoms with Gasteiger partial charge in [0.25, 0.3) is 0 Å². The first-order valence-corrected chi connectivity index (χ1v) is 5.41. The smallest absolute Gasteiger partial charge is 0.146 e. The van der Waals surface area contributed by atoms with E-state index in [1.807, 2.05) is 23.3 Å². The molecule has 0 aliphatic carbocycles. The topological polar surface area (TPSA) is 23.5 Å². The summed E-state index contributed by atoms with van der Waals surface area (Å²) >= 11 is 1.77. The molecule has 1 N–H and O–H groups in total. The number of allylic oxidation sites excluding steroid dienone is 2. The number of aliphatic hydroxyl groups is 1. The van der Waals surface area contributed by atoms with Crippen molar-refractivity contribution in [2.75, 3.05) is 0 Å². The van der Waals surface area contributed by atoms with Crippen LogP contribution in [0.1, 0.15) is 9.75 Å². The van der Waals surface area contributed by atoms with Crippen LogP contribution < -0.4 is 0 Å². The number of hydrogen-bond donors (Lipinski definition) is 1. The van der Waals surface area contributed by atoms with E-state index in [-0.39, 0.29) is 0 Å². The Kier molecular flexibility index (Phi) is 2.70. The van der Waals surface area contributed by atoms with Crippen molar-refractivity contribution in [3.05, 3.63) is 46.3 Å². The summed E-state index contributed by atoms with van der Waals surface area (Å²) in [6.45, 7) is 2.87. The predicted molar refractivity (Wildman–Crippen MR) is 58.9 cm³/mol. The van der Waals surface area contributed by atoms with Crippen molar-refractivity contribution in [1.29, 1.82) is 0 Å². The highest BCUT2D eigenvalue weighted by atomic mass is 32.1. The first kappa shape index (κ1) is 9.49. The largest absolute Gasteiger partial charge is 0.370 e. The number of nitrogens with zero attached hydrogens (tertiary/aromatic N) is 1. The van der Waals surface area contributed by atoms with Crippen LogP contribution in [0.2, 0.25) is 0 Å². The Morgan fingerprint density at radius 2 is 2.29 bits per heavy atom. The van der Waals surface area contributed by atoms with Gasteiger partial charge < -0.3 is 10.0 Å². The van der Waals surface area contributed by atoms with Gasteiger partial charge in [0.1, 0.15) is 6.23 Å². The molecule has 2 nitrogen and oxygen atoms in total. The fraction of sp³-hybridized carbons (Fsp3) is 0.273. The average molecular weight is 207 g/mol. The number of aryl methyl sites for hydroxylation is 1. The fourth-order valence-corrected chi connectivity index (χ4v) is 2.32. The molecule has 0 radical (unpaired) electrons. The van der Waals surface area contributed by atoms with E-state index >= 15 is 0 Å². The van der Waals surface area contributed by atoms with Gasteiger partial charge in [0.15, 0.2) is 0 Å². The molecule has 0 fully saturated rings. The molecule has 74 valence electrons. The molecule has 1 aromatic heterocycles. The molecule has 0 bridgehead atoms. The lowest BCUT2D eigenvalue weighted by atomic mass is 10.3. The highest BCUT2D eigenvalue weighted by Crippen LogP contribution is 2.19. The Bertz CT molecular complexity index is 367. The Morgan fingerprint density at radius 3 is 2.93 bits per heavy atom. The highest BCUT2D eigenvalue weighted by molar-refractivity contribution is 7.11. The quantitative estimate of drug-likeness (QED) is 0.804. The van der Waals surface area contributed by atoms with E-state index in [1.54, 1.807) is 17.4 Å². The van der Waals surface area contributed by atoms with Gasteiger partial charge in [-0.3, -0.25) is 0 Å². The third kappa shape index (κ3) is 2.05. The number of thiophene rings is 1. The SMILES string of the molecule is Cc1ccc(CN2C=CC=CC2O)s1. The number of rotatable bonds is 2. The Balaban J connectivity index is 2.04. The van der Waals surface area contributed by atoms with E-state index in [0.29, 0.717) is 0 Å². The van der Waals surface area contributed by atoms with Crippen LogP contribution in [-0.2, 0) is 6.54 Å². The lowest BCUT2D eigenvalue weighted by Gasteiger charge is -2.25. The third-order valence-electron chi connectivity index (χ3n) is 2.15. The van der Waals surface area contributed by atoms with Crippen molar-refractivity contribution in [3.63, 3.8) is 0 Å². The van der Waals surface area contributed by atoms with Crippen LogP contribution in [0.4, 0.5) is 0 Å². The van der Waals surface area contributed by atoms with E-state index in [1.165, 1.54) is 9.75 Å². The van der Waals surface area contributed by atoms with Crippen LogP contribution in [0.15, 0.2) is 36.6 Å². The van der Waals surface area contributed by atoms with Gasteiger partial charge in [-0.05, 0) is 31.2 Å². The van der Waals surface area contributed by atoms with Crippen molar-refractivity contribution < 1.29 is 5.11 Å². The highest BCUT2D eigenvalue weighted by Gasteiger charge is 2.11. The molecule has 2 heterocycles. The van der Waals surface area contributed by atoms with E-state index in [4.69, 9.17) is 0 Å². The molecule has 0 saturated carbocycles. The maximum absolute atomic E-state index is 9.63. The first-order chi connectivity index (χ1) is 6.75. The van der Waals surface area contributed by atoms with Crippen molar-refractivity contribution in [1.82, 2.24) is 4.90 Å². The average Bonchev–Trinajstić information content (AvgIpc) is 2.56. The molecule has 0 spiro atoms. The van der Waals surface area contributed by atoms with E-state index in [2.05, 4.69) is 19.1 Å². The van der Waals surface area contributed by atoms with Crippen LogP contribution in [0, 0.1) is 6.92 Å². The zero-order valence-electron chi connectivity index (χ0n) is 8.05. The molecule has 1 atom stereocenters. The summed E-state index contributed by atoms with van der Waals surface area (Å²) in [6, 6.07) is 4.22. The van der Waals surface area contributed by atoms with Gasteiger partial charge in [-0.1, -0.05) is 6.08 Å². The summed E-state index contributed by atoms with van der Waals surface area (Å²) in [7, 11) is 0. The first-order valence-electron chi connectivity index (χ1n) is 4.60. The van der Waals surface area contributed by atoms with Gasteiger partial charge in [0, 0.05) is 16.0 Å². The van der Waals surface area contributed by atoms with Crippen LogP contribution in [0.3, 0.4) is 0 Å². The minimum atomic E-state index is -0.484. The lowest BCUT2D eigenvalue weighted by Crippen LogP contribution is -2.29. The normalized spacial score (nSPS) is 20.4. The fourth-order valence-electron chi connectivity index (χ4n) is 1.42.